The molecule has 0 bridgehead atoms. The van der Waals surface area contributed by atoms with Gasteiger partial charge in [-0.05, 0) is 56.0 Å². The largest absolute Gasteiger partial charge is 0.494 e. The molecule has 0 atom stereocenters. The van der Waals surface area contributed by atoms with Crippen LogP contribution in [0.3, 0.4) is 0 Å². The quantitative estimate of drug-likeness (QED) is 0.514. The lowest BCUT2D eigenvalue weighted by Gasteiger charge is -2.30. The van der Waals surface area contributed by atoms with E-state index in [2.05, 4.69) is 53.3 Å². The number of piperidine rings is 1. The van der Waals surface area contributed by atoms with Crippen molar-refractivity contribution in [2.24, 2.45) is 5.92 Å². The Hall–Kier alpha value is -3.19. The van der Waals surface area contributed by atoms with E-state index >= 15 is 0 Å². The Labute approximate surface area is 201 Å². The number of anilines is 1. The van der Waals surface area contributed by atoms with Crippen LogP contribution in [0.5, 0.6) is 5.75 Å². The summed E-state index contributed by atoms with van der Waals surface area (Å²) in [4.78, 5) is 19.6. The van der Waals surface area contributed by atoms with Crippen molar-refractivity contribution < 1.29 is 14.1 Å². The molecule has 4 rings (SSSR count). The van der Waals surface area contributed by atoms with Gasteiger partial charge in [-0.2, -0.15) is 4.98 Å². The van der Waals surface area contributed by atoms with E-state index in [0.29, 0.717) is 24.9 Å². The van der Waals surface area contributed by atoms with Gasteiger partial charge in [-0.1, -0.05) is 56.3 Å². The Morgan fingerprint density at radius 3 is 2.56 bits per heavy atom. The van der Waals surface area contributed by atoms with Gasteiger partial charge in [0.15, 0.2) is 0 Å². The molecule has 0 spiro atoms. The smallest absolute Gasteiger partial charge is 0.241 e. The van der Waals surface area contributed by atoms with Crippen molar-refractivity contribution in [3.05, 3.63) is 60.0 Å². The zero-order valence-electron chi connectivity index (χ0n) is 20.5. The predicted molar refractivity (Wildman–Crippen MR) is 133 cm³/mol. The van der Waals surface area contributed by atoms with E-state index in [-0.39, 0.29) is 17.2 Å². The number of nitrogens with zero attached hydrogens (tertiary/aromatic N) is 3. The summed E-state index contributed by atoms with van der Waals surface area (Å²) in [5, 5.41) is 7.20. The molecule has 180 valence electrons. The van der Waals surface area contributed by atoms with Crippen LogP contribution in [0.4, 0.5) is 5.69 Å². The molecule has 0 saturated carbocycles. The number of ether oxygens (including phenoxy) is 1. The molecule has 2 heterocycles. The maximum absolute atomic E-state index is 12.7. The molecule has 2 aromatic carbocycles. The van der Waals surface area contributed by atoms with Crippen molar-refractivity contribution in [1.82, 2.24) is 15.0 Å². The highest BCUT2D eigenvalue weighted by atomic mass is 16.5. The minimum atomic E-state index is -0.00780. The maximum atomic E-state index is 12.7. The van der Waals surface area contributed by atoms with E-state index in [9.17, 15) is 4.79 Å². The highest BCUT2D eigenvalue weighted by Crippen LogP contribution is 2.26. The van der Waals surface area contributed by atoms with Gasteiger partial charge >= 0.3 is 0 Å². The zero-order chi connectivity index (χ0) is 24.1. The number of hydrogen-bond donors (Lipinski definition) is 1. The SMILES string of the molecule is CCOc1cccc(NC(=O)C2CCN(Cc3nc(-c4ccc(C(C)(C)C)cc4)no3)CC2)c1. The Morgan fingerprint density at radius 2 is 1.88 bits per heavy atom. The summed E-state index contributed by atoms with van der Waals surface area (Å²) in [6, 6.07) is 15.9. The van der Waals surface area contributed by atoms with E-state index in [1.807, 2.05) is 43.3 Å². The standard InChI is InChI=1S/C27H34N4O3/c1-5-33-23-8-6-7-22(17-23)28-26(32)20-13-15-31(16-14-20)18-24-29-25(30-34-24)19-9-11-21(12-10-19)27(2,3)4/h6-12,17,20H,5,13-16,18H2,1-4H3,(H,28,32). The number of hydrogen-bond acceptors (Lipinski definition) is 6. The molecular formula is C27H34N4O3. The molecule has 1 amide bonds. The van der Waals surface area contributed by atoms with Crippen molar-refractivity contribution in [2.45, 2.75) is 52.5 Å². The van der Waals surface area contributed by atoms with Gasteiger partial charge in [-0.25, -0.2) is 0 Å². The molecule has 1 aromatic heterocycles. The van der Waals surface area contributed by atoms with Gasteiger partial charge in [0.1, 0.15) is 5.75 Å². The van der Waals surface area contributed by atoms with Gasteiger partial charge in [0.2, 0.25) is 17.6 Å². The minimum Gasteiger partial charge on any atom is -0.494 e. The Morgan fingerprint density at radius 1 is 1.15 bits per heavy atom. The highest BCUT2D eigenvalue weighted by molar-refractivity contribution is 5.92. The van der Waals surface area contributed by atoms with E-state index < -0.39 is 0 Å². The van der Waals surface area contributed by atoms with Crippen LogP contribution in [-0.2, 0) is 16.8 Å². The molecule has 7 heteroatoms. The van der Waals surface area contributed by atoms with Crippen molar-refractivity contribution in [2.75, 3.05) is 25.0 Å². The number of amides is 1. The molecule has 1 aliphatic rings. The van der Waals surface area contributed by atoms with Gasteiger partial charge in [0.05, 0.1) is 13.2 Å². The number of likely N-dealkylation sites (tertiary alicyclic amines) is 1. The van der Waals surface area contributed by atoms with Crippen molar-refractivity contribution >= 4 is 11.6 Å². The predicted octanol–water partition coefficient (Wildman–Crippen LogP) is 5.28. The fraction of sp³-hybridized carbons (Fsp3) is 0.444. The average Bonchev–Trinajstić information content (AvgIpc) is 3.28. The number of benzene rings is 2. The summed E-state index contributed by atoms with van der Waals surface area (Å²) < 4.78 is 11.0. The van der Waals surface area contributed by atoms with Crippen LogP contribution < -0.4 is 10.1 Å². The number of nitrogens with one attached hydrogen (secondary N) is 1. The monoisotopic (exact) mass is 462 g/mol. The second-order valence-electron chi connectivity index (χ2n) is 9.84. The molecule has 0 radical (unpaired) electrons. The third-order valence-corrected chi connectivity index (χ3v) is 6.21. The van der Waals surface area contributed by atoms with Crippen LogP contribution in [0.2, 0.25) is 0 Å². The molecule has 1 fully saturated rings. The molecule has 34 heavy (non-hydrogen) atoms. The van der Waals surface area contributed by atoms with Gasteiger partial charge in [0, 0.05) is 23.2 Å². The molecule has 1 N–H and O–H groups in total. The lowest BCUT2D eigenvalue weighted by Crippen LogP contribution is -2.37. The molecule has 0 aliphatic carbocycles. The van der Waals surface area contributed by atoms with Crippen LogP contribution in [0.15, 0.2) is 53.1 Å². The Balaban J connectivity index is 1.28. The van der Waals surface area contributed by atoms with Crippen molar-refractivity contribution in [3.63, 3.8) is 0 Å². The minimum absolute atomic E-state index is 0.00780. The first-order valence-electron chi connectivity index (χ1n) is 12.0. The second-order valence-corrected chi connectivity index (χ2v) is 9.84. The van der Waals surface area contributed by atoms with Gasteiger partial charge < -0.3 is 14.6 Å². The fourth-order valence-corrected chi connectivity index (χ4v) is 4.17. The van der Waals surface area contributed by atoms with Crippen molar-refractivity contribution in [3.8, 4) is 17.1 Å². The number of carbonyl (C=O) groups is 1. The third-order valence-electron chi connectivity index (χ3n) is 6.21. The topological polar surface area (TPSA) is 80.5 Å². The second kappa shape index (κ2) is 10.4. The van der Waals surface area contributed by atoms with E-state index in [0.717, 1.165) is 42.9 Å². The Bertz CT molecular complexity index is 1090. The summed E-state index contributed by atoms with van der Waals surface area (Å²) in [6.45, 7) is 11.4. The molecule has 3 aromatic rings. The lowest BCUT2D eigenvalue weighted by molar-refractivity contribution is -0.121. The molecule has 0 unspecified atom stereocenters. The van der Waals surface area contributed by atoms with Gasteiger partial charge in [0.25, 0.3) is 0 Å². The highest BCUT2D eigenvalue weighted by Gasteiger charge is 2.26. The Kier molecular flexibility index (Phi) is 7.32. The van der Waals surface area contributed by atoms with E-state index in [1.165, 1.54) is 5.56 Å². The van der Waals surface area contributed by atoms with Crippen LogP contribution in [-0.4, -0.2) is 40.6 Å². The molecule has 1 saturated heterocycles. The summed E-state index contributed by atoms with van der Waals surface area (Å²) in [7, 11) is 0. The summed E-state index contributed by atoms with van der Waals surface area (Å²) >= 11 is 0. The van der Waals surface area contributed by atoms with Crippen LogP contribution in [0, 0.1) is 5.92 Å². The number of aromatic nitrogens is 2. The number of carbonyl (C=O) groups excluding carboxylic acids is 1. The lowest BCUT2D eigenvalue weighted by atomic mass is 9.87. The fourth-order valence-electron chi connectivity index (χ4n) is 4.17. The number of rotatable bonds is 7. The van der Waals surface area contributed by atoms with Crippen LogP contribution in [0.1, 0.15) is 52.0 Å². The van der Waals surface area contributed by atoms with Crippen LogP contribution in [0.25, 0.3) is 11.4 Å². The summed E-state index contributed by atoms with van der Waals surface area (Å²) in [5.41, 5.74) is 3.10. The molecular weight excluding hydrogens is 428 g/mol. The molecule has 7 nitrogen and oxygen atoms in total. The third kappa shape index (κ3) is 6.03. The summed E-state index contributed by atoms with van der Waals surface area (Å²) in [6.07, 6.45) is 1.60. The summed E-state index contributed by atoms with van der Waals surface area (Å²) in [5.74, 6) is 2.03. The maximum Gasteiger partial charge on any atom is 0.241 e. The normalized spacial score (nSPS) is 15.3. The zero-order valence-corrected chi connectivity index (χ0v) is 20.5. The molecule has 1 aliphatic heterocycles. The first kappa shape index (κ1) is 24.0. The van der Waals surface area contributed by atoms with E-state index in [4.69, 9.17) is 9.26 Å². The average molecular weight is 463 g/mol. The van der Waals surface area contributed by atoms with Gasteiger partial charge in [-0.15, -0.1) is 0 Å². The van der Waals surface area contributed by atoms with E-state index in [1.54, 1.807) is 0 Å². The van der Waals surface area contributed by atoms with Gasteiger partial charge in [-0.3, -0.25) is 9.69 Å². The van der Waals surface area contributed by atoms with Crippen LogP contribution >= 0.6 is 0 Å². The van der Waals surface area contributed by atoms with Crippen molar-refractivity contribution in [1.29, 1.82) is 0 Å². The first-order valence-corrected chi connectivity index (χ1v) is 12.0. The first-order chi connectivity index (χ1) is 16.3.